The summed E-state index contributed by atoms with van der Waals surface area (Å²) in [7, 11) is -3.82. The summed E-state index contributed by atoms with van der Waals surface area (Å²) < 4.78 is 22.4. The second-order valence-corrected chi connectivity index (χ2v) is 4.65. The molecule has 0 fully saturated rings. The second kappa shape index (κ2) is 3.46. The van der Waals surface area contributed by atoms with Crippen molar-refractivity contribution in [2.45, 2.75) is 4.90 Å². The van der Waals surface area contributed by atoms with Gasteiger partial charge in [0.15, 0.2) is 0 Å². The number of nitriles is 1. The zero-order valence-corrected chi connectivity index (χ0v) is 8.76. The van der Waals surface area contributed by atoms with E-state index in [-0.39, 0.29) is 10.5 Å². The number of benzene rings is 1. The first-order chi connectivity index (χ1) is 5.96. The van der Waals surface area contributed by atoms with Crippen molar-refractivity contribution < 1.29 is 8.42 Å². The van der Waals surface area contributed by atoms with Gasteiger partial charge in [-0.2, -0.15) is 5.26 Å². The lowest BCUT2D eigenvalue weighted by atomic mass is 10.2. The van der Waals surface area contributed by atoms with Crippen LogP contribution in [0.4, 0.5) is 0 Å². The van der Waals surface area contributed by atoms with Crippen LogP contribution in [0, 0.1) is 11.3 Å². The number of hydrogen-bond donors (Lipinski definition) is 1. The fourth-order valence-corrected chi connectivity index (χ4v) is 2.14. The minimum Gasteiger partial charge on any atom is -0.225 e. The monoisotopic (exact) mass is 260 g/mol. The number of hydrogen-bond acceptors (Lipinski definition) is 3. The molecule has 0 aliphatic rings. The van der Waals surface area contributed by atoms with E-state index < -0.39 is 10.0 Å². The highest BCUT2D eigenvalue weighted by Gasteiger charge is 2.15. The van der Waals surface area contributed by atoms with Crippen LogP contribution in [0.15, 0.2) is 27.6 Å². The fraction of sp³-hybridized carbons (Fsp3) is 0. The van der Waals surface area contributed by atoms with Crippen LogP contribution >= 0.6 is 15.9 Å². The van der Waals surface area contributed by atoms with Crippen LogP contribution in [0.1, 0.15) is 5.56 Å². The van der Waals surface area contributed by atoms with Crippen molar-refractivity contribution in [2.24, 2.45) is 5.14 Å². The Bertz CT molecular complexity index is 476. The number of primary sulfonamides is 1. The molecule has 0 aliphatic heterocycles. The Hall–Kier alpha value is -0.900. The molecule has 68 valence electrons. The maximum absolute atomic E-state index is 11.0. The molecule has 0 aliphatic carbocycles. The Morgan fingerprint density at radius 3 is 2.46 bits per heavy atom. The largest absolute Gasteiger partial charge is 0.239 e. The smallest absolute Gasteiger partial charge is 0.225 e. The highest BCUT2D eigenvalue weighted by Crippen LogP contribution is 2.22. The lowest BCUT2D eigenvalue weighted by Gasteiger charge is -2.01. The number of nitrogens with two attached hydrogens (primary N) is 1. The van der Waals surface area contributed by atoms with E-state index in [4.69, 9.17) is 10.4 Å². The van der Waals surface area contributed by atoms with E-state index in [9.17, 15) is 8.42 Å². The van der Waals surface area contributed by atoms with Crippen molar-refractivity contribution in [3.8, 4) is 6.07 Å². The Morgan fingerprint density at radius 1 is 1.46 bits per heavy atom. The van der Waals surface area contributed by atoms with Gasteiger partial charge < -0.3 is 0 Å². The molecular weight excluding hydrogens is 256 g/mol. The quantitative estimate of drug-likeness (QED) is 0.817. The zero-order valence-electron chi connectivity index (χ0n) is 6.36. The number of sulfonamides is 1. The molecule has 0 bridgehead atoms. The lowest BCUT2D eigenvalue weighted by molar-refractivity contribution is 0.597. The minimum atomic E-state index is -3.82. The first kappa shape index (κ1) is 10.2. The average molecular weight is 261 g/mol. The molecule has 1 rings (SSSR count). The molecule has 0 aromatic heterocycles. The van der Waals surface area contributed by atoms with Gasteiger partial charge in [-0.05, 0) is 28.1 Å². The summed E-state index contributed by atoms with van der Waals surface area (Å²) in [5.74, 6) is 0. The average Bonchev–Trinajstić information content (AvgIpc) is 2.02. The first-order valence-corrected chi connectivity index (χ1v) is 5.52. The Balaban J connectivity index is 3.59. The predicted octanol–water partition coefficient (Wildman–Crippen LogP) is 0.968. The van der Waals surface area contributed by atoms with Crippen LogP contribution in [0.5, 0.6) is 0 Å². The molecular formula is C7H5BrN2O2S. The van der Waals surface area contributed by atoms with Crippen molar-refractivity contribution >= 4 is 26.0 Å². The molecule has 4 nitrogen and oxygen atoms in total. The molecule has 0 spiro atoms. The van der Waals surface area contributed by atoms with Crippen LogP contribution in [0.3, 0.4) is 0 Å². The second-order valence-electron chi connectivity index (χ2n) is 2.27. The number of halogens is 1. The highest BCUT2D eigenvalue weighted by molar-refractivity contribution is 9.10. The number of nitrogens with zero attached hydrogens (tertiary/aromatic N) is 1. The highest BCUT2D eigenvalue weighted by atomic mass is 79.9. The minimum absolute atomic E-state index is 0.0324. The van der Waals surface area contributed by atoms with E-state index in [1.165, 1.54) is 12.1 Å². The molecule has 0 radical (unpaired) electrons. The Morgan fingerprint density at radius 2 is 2.08 bits per heavy atom. The van der Waals surface area contributed by atoms with Crippen LogP contribution in [-0.4, -0.2) is 8.42 Å². The van der Waals surface area contributed by atoms with Gasteiger partial charge in [-0.15, -0.1) is 0 Å². The van der Waals surface area contributed by atoms with Crippen molar-refractivity contribution in [2.75, 3.05) is 0 Å². The van der Waals surface area contributed by atoms with E-state index in [1.54, 1.807) is 12.1 Å². The summed E-state index contributed by atoms with van der Waals surface area (Å²) in [5, 5.41) is 13.6. The molecule has 0 amide bonds. The standard InChI is InChI=1S/C7H5BrN2O2S/c8-6-2-1-3-7(5(6)4-9)13(10,11)12/h1-3H,(H2,10,11,12). The third-order valence-electron chi connectivity index (χ3n) is 1.39. The lowest BCUT2D eigenvalue weighted by Crippen LogP contribution is -2.13. The van der Waals surface area contributed by atoms with Gasteiger partial charge in [-0.25, -0.2) is 13.6 Å². The molecule has 2 N–H and O–H groups in total. The SMILES string of the molecule is N#Cc1c(Br)cccc1S(N)(=O)=O. The third-order valence-corrected chi connectivity index (χ3v) is 3.01. The van der Waals surface area contributed by atoms with Crippen molar-refractivity contribution in [3.63, 3.8) is 0 Å². The normalized spacial score (nSPS) is 10.8. The molecule has 0 saturated carbocycles. The fourth-order valence-electron chi connectivity index (χ4n) is 0.850. The maximum Gasteiger partial charge on any atom is 0.239 e. The van der Waals surface area contributed by atoms with Crippen LogP contribution in [0.2, 0.25) is 0 Å². The van der Waals surface area contributed by atoms with E-state index in [0.717, 1.165) is 0 Å². The summed E-state index contributed by atoms with van der Waals surface area (Å²) in [5.41, 5.74) is 0.0324. The first-order valence-electron chi connectivity index (χ1n) is 3.18. The third kappa shape index (κ3) is 2.06. The van der Waals surface area contributed by atoms with Gasteiger partial charge in [0.05, 0.1) is 5.56 Å². The van der Waals surface area contributed by atoms with E-state index in [0.29, 0.717) is 4.47 Å². The predicted molar refractivity (Wildman–Crippen MR) is 50.2 cm³/mol. The van der Waals surface area contributed by atoms with Gasteiger partial charge in [0.2, 0.25) is 10.0 Å². The summed E-state index contributed by atoms with van der Waals surface area (Å²) >= 11 is 3.06. The van der Waals surface area contributed by atoms with Gasteiger partial charge >= 0.3 is 0 Å². The van der Waals surface area contributed by atoms with Crippen LogP contribution in [0.25, 0.3) is 0 Å². The van der Waals surface area contributed by atoms with Gasteiger partial charge in [-0.1, -0.05) is 6.07 Å². The molecule has 0 atom stereocenters. The summed E-state index contributed by atoms with van der Waals surface area (Å²) in [6.07, 6.45) is 0. The molecule has 1 aromatic carbocycles. The molecule has 0 heterocycles. The molecule has 0 saturated heterocycles. The Kier molecular flexibility index (Phi) is 2.71. The maximum atomic E-state index is 11.0. The van der Waals surface area contributed by atoms with Crippen molar-refractivity contribution in [3.05, 3.63) is 28.2 Å². The van der Waals surface area contributed by atoms with Gasteiger partial charge in [-0.3, -0.25) is 0 Å². The topological polar surface area (TPSA) is 83.9 Å². The van der Waals surface area contributed by atoms with Crippen molar-refractivity contribution in [1.29, 1.82) is 5.26 Å². The summed E-state index contributed by atoms with van der Waals surface area (Å²) in [4.78, 5) is -0.163. The van der Waals surface area contributed by atoms with E-state index >= 15 is 0 Å². The van der Waals surface area contributed by atoms with Gasteiger partial charge in [0.1, 0.15) is 11.0 Å². The van der Waals surface area contributed by atoms with E-state index in [1.807, 2.05) is 0 Å². The summed E-state index contributed by atoms with van der Waals surface area (Å²) in [6, 6.07) is 6.14. The zero-order chi connectivity index (χ0) is 10.1. The molecule has 13 heavy (non-hydrogen) atoms. The Labute approximate surface area is 84.2 Å². The van der Waals surface area contributed by atoms with Crippen LogP contribution in [-0.2, 0) is 10.0 Å². The summed E-state index contributed by atoms with van der Waals surface area (Å²) in [6.45, 7) is 0. The molecule has 6 heteroatoms. The molecule has 1 aromatic rings. The number of rotatable bonds is 1. The van der Waals surface area contributed by atoms with Gasteiger partial charge in [0, 0.05) is 4.47 Å². The van der Waals surface area contributed by atoms with Crippen molar-refractivity contribution in [1.82, 2.24) is 0 Å². The van der Waals surface area contributed by atoms with E-state index in [2.05, 4.69) is 15.9 Å². The molecule has 0 unspecified atom stereocenters. The van der Waals surface area contributed by atoms with Gasteiger partial charge in [0.25, 0.3) is 0 Å². The van der Waals surface area contributed by atoms with Crippen LogP contribution < -0.4 is 5.14 Å².